The van der Waals surface area contributed by atoms with Gasteiger partial charge in [-0.05, 0) is 18.4 Å². The first-order valence-corrected chi connectivity index (χ1v) is 5.39. The lowest BCUT2D eigenvalue weighted by Crippen LogP contribution is -2.36. The van der Waals surface area contributed by atoms with E-state index in [1.807, 2.05) is 30.3 Å². The number of benzene rings is 1. The maximum Gasteiger partial charge on any atom is 0.407 e. The second-order valence-corrected chi connectivity index (χ2v) is 4.09. The molecule has 0 saturated carbocycles. The van der Waals surface area contributed by atoms with Crippen LogP contribution in [-0.2, 0) is 6.42 Å². The smallest absolute Gasteiger partial charge is 0.407 e. The summed E-state index contributed by atoms with van der Waals surface area (Å²) in [5, 5.41) is 9.06. The largest absolute Gasteiger partial charge is 0.465 e. The van der Waals surface area contributed by atoms with Gasteiger partial charge in [0, 0.05) is 6.54 Å². The molecule has 84 valence electrons. The molecular formula is C13H15NO2. The third-order valence-corrected chi connectivity index (χ3v) is 3.04. The Kier molecular flexibility index (Phi) is 2.95. The molecule has 1 atom stereocenters. The number of hydrogen-bond donors (Lipinski definition) is 1. The predicted octanol–water partition coefficient (Wildman–Crippen LogP) is 2.54. The quantitative estimate of drug-likeness (QED) is 0.773. The SMILES string of the molecule is C=C1CCN(C(=O)O)C1Cc1ccccc1. The van der Waals surface area contributed by atoms with Crippen molar-refractivity contribution in [3.8, 4) is 0 Å². The van der Waals surface area contributed by atoms with Crippen LogP contribution >= 0.6 is 0 Å². The third-order valence-electron chi connectivity index (χ3n) is 3.04. The van der Waals surface area contributed by atoms with Crippen LogP contribution in [0.25, 0.3) is 0 Å². The van der Waals surface area contributed by atoms with E-state index in [0.29, 0.717) is 6.54 Å². The maximum atomic E-state index is 11.0. The van der Waals surface area contributed by atoms with Crippen molar-refractivity contribution in [3.63, 3.8) is 0 Å². The molecule has 1 heterocycles. The summed E-state index contributed by atoms with van der Waals surface area (Å²) in [5.74, 6) is 0. The minimum Gasteiger partial charge on any atom is -0.465 e. The molecule has 1 aliphatic heterocycles. The van der Waals surface area contributed by atoms with E-state index < -0.39 is 6.09 Å². The van der Waals surface area contributed by atoms with Gasteiger partial charge in [-0.15, -0.1) is 0 Å². The van der Waals surface area contributed by atoms with Gasteiger partial charge in [0.2, 0.25) is 0 Å². The van der Waals surface area contributed by atoms with Crippen LogP contribution in [0.1, 0.15) is 12.0 Å². The van der Waals surface area contributed by atoms with Crippen molar-refractivity contribution in [1.82, 2.24) is 4.90 Å². The fourth-order valence-electron chi connectivity index (χ4n) is 2.13. The zero-order valence-corrected chi connectivity index (χ0v) is 9.10. The number of likely N-dealkylation sites (tertiary alicyclic amines) is 1. The Balaban J connectivity index is 2.13. The van der Waals surface area contributed by atoms with E-state index >= 15 is 0 Å². The molecule has 2 rings (SSSR count). The monoisotopic (exact) mass is 217 g/mol. The Hall–Kier alpha value is -1.77. The van der Waals surface area contributed by atoms with E-state index in [-0.39, 0.29) is 6.04 Å². The lowest BCUT2D eigenvalue weighted by molar-refractivity contribution is 0.143. The molecule has 1 fully saturated rings. The van der Waals surface area contributed by atoms with E-state index in [9.17, 15) is 4.79 Å². The van der Waals surface area contributed by atoms with Crippen LogP contribution in [-0.4, -0.2) is 28.7 Å². The van der Waals surface area contributed by atoms with Crippen LogP contribution in [0.2, 0.25) is 0 Å². The average Bonchev–Trinajstić information content (AvgIpc) is 2.62. The number of rotatable bonds is 2. The van der Waals surface area contributed by atoms with Gasteiger partial charge in [0.1, 0.15) is 0 Å². The van der Waals surface area contributed by atoms with Crippen molar-refractivity contribution in [3.05, 3.63) is 48.0 Å². The number of carboxylic acid groups (broad SMARTS) is 1. The molecule has 1 amide bonds. The molecular weight excluding hydrogens is 202 g/mol. The lowest BCUT2D eigenvalue weighted by atomic mass is 10.0. The summed E-state index contributed by atoms with van der Waals surface area (Å²) in [6, 6.07) is 9.88. The van der Waals surface area contributed by atoms with Gasteiger partial charge in [0.25, 0.3) is 0 Å². The van der Waals surface area contributed by atoms with Gasteiger partial charge in [-0.3, -0.25) is 0 Å². The minimum absolute atomic E-state index is 0.0556. The predicted molar refractivity (Wildman–Crippen MR) is 62.4 cm³/mol. The summed E-state index contributed by atoms with van der Waals surface area (Å²) in [6.45, 7) is 4.53. The van der Waals surface area contributed by atoms with Crippen molar-refractivity contribution in [1.29, 1.82) is 0 Å². The van der Waals surface area contributed by atoms with Gasteiger partial charge in [0.15, 0.2) is 0 Å². The Labute approximate surface area is 95.0 Å². The molecule has 0 aromatic heterocycles. The Morgan fingerprint density at radius 3 is 2.75 bits per heavy atom. The average molecular weight is 217 g/mol. The molecule has 3 heteroatoms. The zero-order chi connectivity index (χ0) is 11.5. The first-order valence-electron chi connectivity index (χ1n) is 5.39. The molecule has 1 aromatic rings. The fourth-order valence-corrected chi connectivity index (χ4v) is 2.13. The molecule has 1 saturated heterocycles. The molecule has 0 radical (unpaired) electrons. The molecule has 0 spiro atoms. The fraction of sp³-hybridized carbons (Fsp3) is 0.308. The molecule has 3 nitrogen and oxygen atoms in total. The Bertz CT molecular complexity index is 400. The first-order chi connectivity index (χ1) is 7.68. The molecule has 1 unspecified atom stereocenters. The number of nitrogens with zero attached hydrogens (tertiary/aromatic N) is 1. The van der Waals surface area contributed by atoms with Crippen molar-refractivity contribution in [2.75, 3.05) is 6.54 Å². The highest BCUT2D eigenvalue weighted by molar-refractivity contribution is 5.67. The van der Waals surface area contributed by atoms with Gasteiger partial charge in [-0.25, -0.2) is 4.79 Å². The highest BCUT2D eigenvalue weighted by Gasteiger charge is 2.31. The standard InChI is InChI=1S/C13H15NO2/c1-10-7-8-14(13(15)16)12(10)9-11-5-3-2-4-6-11/h2-6,12H,1,7-9H2,(H,15,16). The van der Waals surface area contributed by atoms with Crippen molar-refractivity contribution < 1.29 is 9.90 Å². The minimum atomic E-state index is -0.848. The van der Waals surface area contributed by atoms with Crippen LogP contribution < -0.4 is 0 Å². The first kappa shape index (κ1) is 10.7. The summed E-state index contributed by atoms with van der Waals surface area (Å²) >= 11 is 0. The summed E-state index contributed by atoms with van der Waals surface area (Å²) in [7, 11) is 0. The molecule has 16 heavy (non-hydrogen) atoms. The van der Waals surface area contributed by atoms with Crippen molar-refractivity contribution in [2.45, 2.75) is 18.9 Å². The van der Waals surface area contributed by atoms with Gasteiger partial charge in [-0.2, -0.15) is 0 Å². The summed E-state index contributed by atoms with van der Waals surface area (Å²) in [5.41, 5.74) is 2.17. The summed E-state index contributed by atoms with van der Waals surface area (Å²) < 4.78 is 0. The van der Waals surface area contributed by atoms with Crippen molar-refractivity contribution >= 4 is 6.09 Å². The van der Waals surface area contributed by atoms with E-state index in [1.54, 1.807) is 0 Å². The van der Waals surface area contributed by atoms with Gasteiger partial charge in [0.05, 0.1) is 6.04 Å². The van der Waals surface area contributed by atoms with Crippen LogP contribution in [0.15, 0.2) is 42.5 Å². The lowest BCUT2D eigenvalue weighted by Gasteiger charge is -2.22. The number of amides is 1. The molecule has 0 aliphatic carbocycles. The molecule has 1 N–H and O–H groups in total. The van der Waals surface area contributed by atoms with Crippen molar-refractivity contribution in [2.24, 2.45) is 0 Å². The second-order valence-electron chi connectivity index (χ2n) is 4.09. The van der Waals surface area contributed by atoms with E-state index in [2.05, 4.69) is 6.58 Å². The Morgan fingerprint density at radius 2 is 2.12 bits per heavy atom. The summed E-state index contributed by atoms with van der Waals surface area (Å²) in [4.78, 5) is 12.5. The molecule has 1 aliphatic rings. The topological polar surface area (TPSA) is 40.5 Å². The third kappa shape index (κ3) is 2.08. The van der Waals surface area contributed by atoms with Gasteiger partial charge >= 0.3 is 6.09 Å². The highest BCUT2D eigenvalue weighted by atomic mass is 16.4. The molecule has 1 aromatic carbocycles. The Morgan fingerprint density at radius 1 is 1.44 bits per heavy atom. The second kappa shape index (κ2) is 4.39. The maximum absolute atomic E-state index is 11.0. The van der Waals surface area contributed by atoms with Crippen LogP contribution in [0, 0.1) is 0 Å². The summed E-state index contributed by atoms with van der Waals surface area (Å²) in [6.07, 6.45) is 0.662. The number of hydrogen-bond acceptors (Lipinski definition) is 1. The highest BCUT2D eigenvalue weighted by Crippen LogP contribution is 2.25. The van der Waals surface area contributed by atoms with Crippen LogP contribution in [0.3, 0.4) is 0 Å². The van der Waals surface area contributed by atoms with E-state index in [4.69, 9.17) is 5.11 Å². The van der Waals surface area contributed by atoms with Gasteiger partial charge < -0.3 is 10.0 Å². The van der Waals surface area contributed by atoms with Crippen LogP contribution in [0.5, 0.6) is 0 Å². The van der Waals surface area contributed by atoms with E-state index in [0.717, 1.165) is 24.0 Å². The van der Waals surface area contributed by atoms with Gasteiger partial charge in [-0.1, -0.05) is 42.5 Å². The van der Waals surface area contributed by atoms with E-state index in [1.165, 1.54) is 4.90 Å². The normalized spacial score (nSPS) is 20.1. The zero-order valence-electron chi connectivity index (χ0n) is 9.10. The van der Waals surface area contributed by atoms with Crippen LogP contribution in [0.4, 0.5) is 4.79 Å². The molecule has 0 bridgehead atoms. The number of carbonyl (C=O) groups is 1.